The van der Waals surface area contributed by atoms with Crippen LogP contribution in [-0.2, 0) is 0 Å². The average Bonchev–Trinajstić information content (AvgIpc) is 2.39. The monoisotopic (exact) mass is 262 g/mol. The summed E-state index contributed by atoms with van der Waals surface area (Å²) in [5.41, 5.74) is -0.711. The molecular formula is C14H15FN2O2. The summed E-state index contributed by atoms with van der Waals surface area (Å²) in [6.45, 7) is 2.66. The van der Waals surface area contributed by atoms with Gasteiger partial charge in [0, 0.05) is 13.1 Å². The summed E-state index contributed by atoms with van der Waals surface area (Å²) >= 11 is 0. The Morgan fingerprint density at radius 3 is 2.63 bits per heavy atom. The van der Waals surface area contributed by atoms with Crippen LogP contribution in [0.4, 0.5) is 4.39 Å². The highest BCUT2D eigenvalue weighted by molar-refractivity contribution is 5.97. The molecule has 1 aliphatic rings. The SMILES string of the molecule is CC1(C#N)CCN(C(=O)c2c(O)cccc2F)CC1. The van der Waals surface area contributed by atoms with Crippen molar-refractivity contribution in [3.63, 3.8) is 0 Å². The molecule has 0 radical (unpaired) electrons. The number of phenolic OH excluding ortho intramolecular Hbond substituents is 1. The lowest BCUT2D eigenvalue weighted by molar-refractivity contribution is 0.0654. The Balaban J connectivity index is 2.17. The maximum Gasteiger partial charge on any atom is 0.260 e. The smallest absolute Gasteiger partial charge is 0.260 e. The summed E-state index contributed by atoms with van der Waals surface area (Å²) in [5.74, 6) is -1.59. The van der Waals surface area contributed by atoms with E-state index in [4.69, 9.17) is 5.26 Å². The first-order valence-corrected chi connectivity index (χ1v) is 6.15. The summed E-state index contributed by atoms with van der Waals surface area (Å²) in [4.78, 5) is 13.7. The van der Waals surface area contributed by atoms with E-state index >= 15 is 0 Å². The Morgan fingerprint density at radius 2 is 2.11 bits per heavy atom. The van der Waals surface area contributed by atoms with Gasteiger partial charge in [0.05, 0.1) is 11.5 Å². The fraction of sp³-hybridized carbons (Fsp3) is 0.429. The third kappa shape index (κ3) is 2.53. The van der Waals surface area contributed by atoms with Gasteiger partial charge in [-0.2, -0.15) is 5.26 Å². The molecule has 0 aromatic heterocycles. The highest BCUT2D eigenvalue weighted by Gasteiger charge is 2.33. The van der Waals surface area contributed by atoms with Crippen molar-refractivity contribution in [1.82, 2.24) is 4.90 Å². The summed E-state index contributed by atoms with van der Waals surface area (Å²) in [7, 11) is 0. The van der Waals surface area contributed by atoms with Crippen LogP contribution in [0.5, 0.6) is 5.75 Å². The van der Waals surface area contributed by atoms with Crippen molar-refractivity contribution in [1.29, 1.82) is 5.26 Å². The van der Waals surface area contributed by atoms with Gasteiger partial charge in [0.25, 0.3) is 5.91 Å². The molecule has 1 aromatic carbocycles. The maximum atomic E-state index is 13.6. The van der Waals surface area contributed by atoms with Gasteiger partial charge in [-0.15, -0.1) is 0 Å². The van der Waals surface area contributed by atoms with Crippen LogP contribution in [0.3, 0.4) is 0 Å². The van der Waals surface area contributed by atoms with Crippen LogP contribution in [0.1, 0.15) is 30.1 Å². The van der Waals surface area contributed by atoms with E-state index in [1.54, 1.807) is 0 Å². The third-order valence-corrected chi connectivity index (χ3v) is 3.63. The van der Waals surface area contributed by atoms with Crippen LogP contribution in [0.15, 0.2) is 18.2 Å². The molecule has 1 heterocycles. The standard InChI is InChI=1S/C14H15FN2O2/c1-14(9-16)5-7-17(8-6-14)13(19)12-10(15)3-2-4-11(12)18/h2-4,18H,5-8H2,1H3. The number of aromatic hydroxyl groups is 1. The Morgan fingerprint density at radius 1 is 1.47 bits per heavy atom. The normalized spacial score (nSPS) is 17.8. The molecule has 5 heteroatoms. The van der Waals surface area contributed by atoms with Crippen molar-refractivity contribution in [2.24, 2.45) is 5.41 Å². The Bertz CT molecular complexity index is 523. The van der Waals surface area contributed by atoms with Crippen molar-refractivity contribution in [2.45, 2.75) is 19.8 Å². The van der Waals surface area contributed by atoms with Gasteiger partial charge >= 0.3 is 0 Å². The fourth-order valence-corrected chi connectivity index (χ4v) is 2.20. The Labute approximate surface area is 111 Å². The number of nitriles is 1. The summed E-state index contributed by atoms with van der Waals surface area (Å²) < 4.78 is 13.6. The molecule has 0 bridgehead atoms. The molecule has 0 spiro atoms. The number of piperidine rings is 1. The van der Waals surface area contributed by atoms with Gasteiger partial charge in [0.2, 0.25) is 0 Å². The lowest BCUT2D eigenvalue weighted by Crippen LogP contribution is -2.42. The van der Waals surface area contributed by atoms with E-state index < -0.39 is 17.1 Å². The molecule has 1 aromatic rings. The minimum atomic E-state index is -0.724. The minimum Gasteiger partial charge on any atom is -0.507 e. The van der Waals surface area contributed by atoms with E-state index in [0.717, 1.165) is 6.07 Å². The molecule has 0 aliphatic carbocycles. The van der Waals surface area contributed by atoms with E-state index in [1.807, 2.05) is 6.92 Å². The third-order valence-electron chi connectivity index (χ3n) is 3.63. The number of rotatable bonds is 1. The lowest BCUT2D eigenvalue weighted by atomic mass is 9.82. The van der Waals surface area contributed by atoms with Crippen LogP contribution >= 0.6 is 0 Å². The predicted octanol–water partition coefficient (Wildman–Crippen LogP) is 2.30. The number of likely N-dealkylation sites (tertiary alicyclic amines) is 1. The van der Waals surface area contributed by atoms with E-state index in [9.17, 15) is 14.3 Å². The molecule has 0 unspecified atom stereocenters. The molecule has 0 saturated carbocycles. The molecule has 1 aliphatic heterocycles. The number of hydrogen-bond donors (Lipinski definition) is 1. The minimum absolute atomic E-state index is 0.289. The van der Waals surface area contributed by atoms with Gasteiger partial charge in [0.1, 0.15) is 17.1 Å². The van der Waals surface area contributed by atoms with E-state index in [0.29, 0.717) is 25.9 Å². The molecule has 2 rings (SSSR count). The number of nitrogens with zero attached hydrogens (tertiary/aromatic N) is 2. The van der Waals surface area contributed by atoms with Gasteiger partial charge in [-0.3, -0.25) is 4.79 Å². The second kappa shape index (κ2) is 4.88. The van der Waals surface area contributed by atoms with Crippen molar-refractivity contribution in [3.05, 3.63) is 29.6 Å². The van der Waals surface area contributed by atoms with Gasteiger partial charge < -0.3 is 10.0 Å². The zero-order chi connectivity index (χ0) is 14.0. The highest BCUT2D eigenvalue weighted by atomic mass is 19.1. The average molecular weight is 262 g/mol. The molecule has 100 valence electrons. The second-order valence-electron chi connectivity index (χ2n) is 5.10. The molecule has 1 saturated heterocycles. The Hall–Kier alpha value is -2.09. The van der Waals surface area contributed by atoms with E-state index in [-0.39, 0.29) is 11.3 Å². The number of carbonyl (C=O) groups excluding carboxylic acids is 1. The number of halogens is 1. The lowest BCUT2D eigenvalue weighted by Gasteiger charge is -2.35. The largest absolute Gasteiger partial charge is 0.507 e. The number of carbonyl (C=O) groups is 1. The first-order chi connectivity index (χ1) is 8.97. The van der Waals surface area contributed by atoms with Crippen LogP contribution in [0.2, 0.25) is 0 Å². The molecule has 4 nitrogen and oxygen atoms in total. The van der Waals surface area contributed by atoms with Crippen molar-refractivity contribution < 1.29 is 14.3 Å². The van der Waals surface area contributed by atoms with Crippen LogP contribution in [0, 0.1) is 22.6 Å². The van der Waals surface area contributed by atoms with Gasteiger partial charge in [-0.1, -0.05) is 6.07 Å². The topological polar surface area (TPSA) is 64.3 Å². The second-order valence-corrected chi connectivity index (χ2v) is 5.10. The van der Waals surface area contributed by atoms with Crippen molar-refractivity contribution in [2.75, 3.05) is 13.1 Å². The van der Waals surface area contributed by atoms with Crippen LogP contribution in [0.25, 0.3) is 0 Å². The molecule has 1 fully saturated rings. The zero-order valence-electron chi connectivity index (χ0n) is 10.7. The first-order valence-electron chi connectivity index (χ1n) is 6.15. The fourth-order valence-electron chi connectivity index (χ4n) is 2.20. The molecule has 1 amide bonds. The summed E-state index contributed by atoms with van der Waals surface area (Å²) in [5, 5.41) is 18.6. The molecule has 1 N–H and O–H groups in total. The quantitative estimate of drug-likeness (QED) is 0.844. The van der Waals surface area contributed by atoms with Crippen molar-refractivity contribution >= 4 is 5.91 Å². The maximum absolute atomic E-state index is 13.6. The number of hydrogen-bond acceptors (Lipinski definition) is 3. The number of phenols is 1. The first kappa shape index (κ1) is 13.3. The number of amides is 1. The summed E-state index contributed by atoms with van der Waals surface area (Å²) in [6.07, 6.45) is 1.12. The zero-order valence-corrected chi connectivity index (χ0v) is 10.7. The molecule has 0 atom stereocenters. The van der Waals surface area contributed by atoms with E-state index in [2.05, 4.69) is 6.07 Å². The van der Waals surface area contributed by atoms with Gasteiger partial charge in [-0.25, -0.2) is 4.39 Å². The predicted molar refractivity (Wildman–Crippen MR) is 66.9 cm³/mol. The molecular weight excluding hydrogens is 247 g/mol. The number of benzene rings is 1. The van der Waals surface area contributed by atoms with Gasteiger partial charge in [-0.05, 0) is 31.9 Å². The van der Waals surface area contributed by atoms with E-state index in [1.165, 1.54) is 17.0 Å². The highest BCUT2D eigenvalue weighted by Crippen LogP contribution is 2.31. The Kier molecular flexibility index (Phi) is 3.43. The van der Waals surface area contributed by atoms with Crippen LogP contribution in [-0.4, -0.2) is 29.0 Å². The summed E-state index contributed by atoms with van der Waals surface area (Å²) in [6, 6.07) is 6.03. The molecule has 19 heavy (non-hydrogen) atoms. The van der Waals surface area contributed by atoms with Crippen LogP contribution < -0.4 is 0 Å². The van der Waals surface area contributed by atoms with Gasteiger partial charge in [0.15, 0.2) is 0 Å². The van der Waals surface area contributed by atoms with Crippen molar-refractivity contribution in [3.8, 4) is 11.8 Å².